The molecule has 0 unspecified atom stereocenters. The molecule has 1 amide bonds. The predicted molar refractivity (Wildman–Crippen MR) is 55.0 cm³/mol. The molecule has 1 aromatic rings. The van der Waals surface area contributed by atoms with Crippen LogP contribution in [-0.4, -0.2) is 34.1 Å². The van der Waals surface area contributed by atoms with Gasteiger partial charge in [-0.05, 0) is 25.0 Å². The molecule has 1 aromatic heterocycles. The van der Waals surface area contributed by atoms with Crippen LogP contribution in [-0.2, 0) is 0 Å². The van der Waals surface area contributed by atoms with E-state index < -0.39 is 0 Å². The van der Waals surface area contributed by atoms with Crippen molar-refractivity contribution in [3.05, 3.63) is 17.8 Å². The SMILES string of the molecule is CN(C(=O)c1ccc(NN)nn1)C1CC1. The minimum atomic E-state index is -0.0893. The van der Waals surface area contributed by atoms with Crippen LogP contribution in [0.25, 0.3) is 0 Å². The zero-order valence-electron chi connectivity index (χ0n) is 8.47. The molecule has 1 aliphatic rings. The Bertz CT molecular complexity index is 359. The summed E-state index contributed by atoms with van der Waals surface area (Å²) >= 11 is 0. The van der Waals surface area contributed by atoms with Gasteiger partial charge in [-0.3, -0.25) is 4.79 Å². The van der Waals surface area contributed by atoms with Gasteiger partial charge in [-0.2, -0.15) is 0 Å². The van der Waals surface area contributed by atoms with Gasteiger partial charge in [-0.15, -0.1) is 10.2 Å². The average molecular weight is 207 g/mol. The highest BCUT2D eigenvalue weighted by atomic mass is 16.2. The minimum absolute atomic E-state index is 0.0893. The van der Waals surface area contributed by atoms with E-state index in [-0.39, 0.29) is 5.91 Å². The highest BCUT2D eigenvalue weighted by Gasteiger charge is 2.30. The first kappa shape index (κ1) is 9.85. The molecule has 0 aromatic carbocycles. The van der Waals surface area contributed by atoms with E-state index in [1.807, 2.05) is 0 Å². The summed E-state index contributed by atoms with van der Waals surface area (Å²) in [4.78, 5) is 13.5. The fourth-order valence-corrected chi connectivity index (χ4v) is 1.33. The normalized spacial score (nSPS) is 14.8. The number of carbonyl (C=O) groups excluding carboxylic acids is 1. The molecule has 2 rings (SSSR count). The van der Waals surface area contributed by atoms with E-state index in [9.17, 15) is 4.79 Å². The van der Waals surface area contributed by atoms with Crippen molar-refractivity contribution in [3.63, 3.8) is 0 Å². The van der Waals surface area contributed by atoms with Gasteiger partial charge in [0.2, 0.25) is 0 Å². The lowest BCUT2D eigenvalue weighted by atomic mass is 10.3. The molecule has 6 heteroatoms. The quantitative estimate of drug-likeness (QED) is 0.538. The summed E-state index contributed by atoms with van der Waals surface area (Å²) in [7, 11) is 1.79. The predicted octanol–water partition coefficient (Wildman–Crippen LogP) is -0.00340. The third-order valence-corrected chi connectivity index (χ3v) is 2.45. The fourth-order valence-electron chi connectivity index (χ4n) is 1.33. The second-order valence-corrected chi connectivity index (χ2v) is 3.60. The maximum atomic E-state index is 11.8. The van der Waals surface area contributed by atoms with Crippen molar-refractivity contribution >= 4 is 11.7 Å². The van der Waals surface area contributed by atoms with Crippen LogP contribution < -0.4 is 11.3 Å². The molecule has 6 nitrogen and oxygen atoms in total. The molecule has 0 radical (unpaired) electrons. The van der Waals surface area contributed by atoms with E-state index in [4.69, 9.17) is 5.84 Å². The number of nitrogen functional groups attached to an aromatic ring is 1. The van der Waals surface area contributed by atoms with Crippen molar-refractivity contribution in [2.45, 2.75) is 18.9 Å². The van der Waals surface area contributed by atoms with Crippen molar-refractivity contribution < 1.29 is 4.79 Å². The molecule has 1 heterocycles. The van der Waals surface area contributed by atoms with Gasteiger partial charge in [0.15, 0.2) is 11.5 Å². The number of rotatable bonds is 3. The van der Waals surface area contributed by atoms with Crippen LogP contribution in [0.3, 0.4) is 0 Å². The van der Waals surface area contributed by atoms with Crippen LogP contribution in [0.4, 0.5) is 5.82 Å². The third-order valence-electron chi connectivity index (χ3n) is 2.45. The number of amides is 1. The van der Waals surface area contributed by atoms with E-state index in [0.717, 1.165) is 12.8 Å². The molecule has 3 N–H and O–H groups in total. The Morgan fingerprint density at radius 2 is 2.27 bits per heavy atom. The summed E-state index contributed by atoms with van der Waals surface area (Å²) in [5.74, 6) is 5.50. The summed E-state index contributed by atoms with van der Waals surface area (Å²) in [5.41, 5.74) is 2.71. The second kappa shape index (κ2) is 3.82. The maximum Gasteiger partial charge on any atom is 0.274 e. The Balaban J connectivity index is 2.10. The summed E-state index contributed by atoms with van der Waals surface area (Å²) in [5, 5.41) is 7.54. The van der Waals surface area contributed by atoms with E-state index in [2.05, 4.69) is 15.6 Å². The molecule has 15 heavy (non-hydrogen) atoms. The second-order valence-electron chi connectivity index (χ2n) is 3.60. The third kappa shape index (κ3) is 2.04. The van der Waals surface area contributed by atoms with Gasteiger partial charge in [-0.25, -0.2) is 5.84 Å². The monoisotopic (exact) mass is 207 g/mol. The standard InChI is InChI=1S/C9H13N5O/c1-14(6-2-3-6)9(15)7-4-5-8(11-10)13-12-7/h4-6H,2-3,10H2,1H3,(H,11,13). The van der Waals surface area contributed by atoms with E-state index in [0.29, 0.717) is 17.6 Å². The van der Waals surface area contributed by atoms with Crippen LogP contribution in [0, 0.1) is 0 Å². The van der Waals surface area contributed by atoms with Crippen LogP contribution in [0.5, 0.6) is 0 Å². The summed E-state index contributed by atoms with van der Waals surface area (Å²) in [6.45, 7) is 0. The van der Waals surface area contributed by atoms with E-state index in [1.165, 1.54) is 0 Å². The van der Waals surface area contributed by atoms with Crippen LogP contribution in [0.2, 0.25) is 0 Å². The lowest BCUT2D eigenvalue weighted by Crippen LogP contribution is -2.29. The van der Waals surface area contributed by atoms with Gasteiger partial charge in [0.25, 0.3) is 5.91 Å². The van der Waals surface area contributed by atoms with Crippen LogP contribution in [0.1, 0.15) is 23.3 Å². The number of anilines is 1. The van der Waals surface area contributed by atoms with Crippen molar-refractivity contribution in [2.75, 3.05) is 12.5 Å². The summed E-state index contributed by atoms with van der Waals surface area (Å²) in [6, 6.07) is 3.62. The Kier molecular flexibility index (Phi) is 2.51. The zero-order chi connectivity index (χ0) is 10.8. The van der Waals surface area contributed by atoms with Crippen molar-refractivity contribution in [2.24, 2.45) is 5.84 Å². The molecule has 0 saturated heterocycles. The Morgan fingerprint density at radius 1 is 1.53 bits per heavy atom. The minimum Gasteiger partial charge on any atom is -0.337 e. The number of hydrogen-bond acceptors (Lipinski definition) is 5. The number of nitrogens with zero attached hydrogens (tertiary/aromatic N) is 3. The van der Waals surface area contributed by atoms with Gasteiger partial charge in [0, 0.05) is 13.1 Å². The van der Waals surface area contributed by atoms with Gasteiger partial charge >= 0.3 is 0 Å². The Morgan fingerprint density at radius 3 is 2.73 bits per heavy atom. The first-order valence-electron chi connectivity index (χ1n) is 4.80. The lowest BCUT2D eigenvalue weighted by molar-refractivity contribution is 0.0778. The van der Waals surface area contributed by atoms with E-state index >= 15 is 0 Å². The van der Waals surface area contributed by atoms with Crippen LogP contribution in [0.15, 0.2) is 12.1 Å². The molecular formula is C9H13N5O. The number of carbonyl (C=O) groups is 1. The van der Waals surface area contributed by atoms with Gasteiger partial charge in [0.05, 0.1) is 0 Å². The molecule has 0 atom stereocenters. The van der Waals surface area contributed by atoms with Crippen molar-refractivity contribution in [3.8, 4) is 0 Å². The number of aromatic nitrogens is 2. The fraction of sp³-hybridized carbons (Fsp3) is 0.444. The highest BCUT2D eigenvalue weighted by molar-refractivity contribution is 5.92. The first-order chi connectivity index (χ1) is 7.22. The highest BCUT2D eigenvalue weighted by Crippen LogP contribution is 2.26. The lowest BCUT2D eigenvalue weighted by Gasteiger charge is -2.14. The Labute approximate surface area is 87.4 Å². The molecular weight excluding hydrogens is 194 g/mol. The molecule has 1 saturated carbocycles. The molecule has 1 aliphatic carbocycles. The van der Waals surface area contributed by atoms with Gasteiger partial charge in [-0.1, -0.05) is 0 Å². The average Bonchev–Trinajstić information content (AvgIpc) is 3.11. The smallest absolute Gasteiger partial charge is 0.274 e. The van der Waals surface area contributed by atoms with E-state index in [1.54, 1.807) is 24.1 Å². The largest absolute Gasteiger partial charge is 0.337 e. The summed E-state index contributed by atoms with van der Waals surface area (Å²) in [6.07, 6.45) is 2.16. The number of nitrogens with two attached hydrogens (primary N) is 1. The molecule has 0 aliphatic heterocycles. The molecule has 1 fully saturated rings. The Hall–Kier alpha value is -1.69. The topological polar surface area (TPSA) is 84.1 Å². The summed E-state index contributed by atoms with van der Waals surface area (Å²) < 4.78 is 0. The molecule has 0 spiro atoms. The van der Waals surface area contributed by atoms with Crippen molar-refractivity contribution in [1.82, 2.24) is 15.1 Å². The number of nitrogens with one attached hydrogen (secondary N) is 1. The van der Waals surface area contributed by atoms with Gasteiger partial charge in [0.1, 0.15) is 0 Å². The van der Waals surface area contributed by atoms with Crippen molar-refractivity contribution in [1.29, 1.82) is 0 Å². The number of hydrogen-bond donors (Lipinski definition) is 2. The molecule has 0 bridgehead atoms. The van der Waals surface area contributed by atoms with Gasteiger partial charge < -0.3 is 10.3 Å². The maximum absolute atomic E-state index is 11.8. The number of hydrazine groups is 1. The molecule has 80 valence electrons. The first-order valence-corrected chi connectivity index (χ1v) is 4.80. The van der Waals surface area contributed by atoms with Crippen LogP contribution >= 0.6 is 0 Å². The zero-order valence-corrected chi connectivity index (χ0v) is 8.47.